The number of benzene rings is 1. The van der Waals surface area contributed by atoms with Crippen molar-refractivity contribution in [1.29, 1.82) is 0 Å². The molecule has 0 bridgehead atoms. The molecule has 0 radical (unpaired) electrons. The number of phenols is 1. The second-order valence-electron chi connectivity index (χ2n) is 4.45. The Morgan fingerprint density at radius 3 is 2.69 bits per heavy atom. The lowest BCUT2D eigenvalue weighted by Crippen LogP contribution is -2.23. The van der Waals surface area contributed by atoms with Crippen LogP contribution in [0.1, 0.15) is 24.8 Å². The van der Waals surface area contributed by atoms with Crippen LogP contribution < -0.4 is 5.32 Å². The minimum absolute atomic E-state index is 0.334. The number of rotatable bonds is 4. The molecule has 1 aromatic rings. The fourth-order valence-electron chi connectivity index (χ4n) is 2.08. The highest BCUT2D eigenvalue weighted by molar-refractivity contribution is 5.25. The number of hydrogen-bond acceptors (Lipinski definition) is 2. The van der Waals surface area contributed by atoms with Gasteiger partial charge in [-0.25, -0.2) is 0 Å². The highest BCUT2D eigenvalue weighted by Gasteiger charge is 2.08. The van der Waals surface area contributed by atoms with Gasteiger partial charge >= 0.3 is 0 Å². The molecule has 0 saturated heterocycles. The number of hydrogen-bond donors (Lipinski definition) is 2. The molecule has 0 fully saturated rings. The largest absolute Gasteiger partial charge is 0.508 e. The standard InChI is InChI=1S/C14H19NO/c16-14-8-6-13(7-9-14)11-15-10-12-4-2-1-3-5-12/h1-2,6-9,12,15-16H,3-5,10-11H2. The zero-order valence-corrected chi connectivity index (χ0v) is 9.52. The second-order valence-corrected chi connectivity index (χ2v) is 4.45. The van der Waals surface area contributed by atoms with E-state index in [1.807, 2.05) is 12.1 Å². The van der Waals surface area contributed by atoms with Crippen LogP contribution >= 0.6 is 0 Å². The molecule has 16 heavy (non-hydrogen) atoms. The van der Waals surface area contributed by atoms with Crippen molar-refractivity contribution in [1.82, 2.24) is 5.32 Å². The van der Waals surface area contributed by atoms with E-state index in [4.69, 9.17) is 5.11 Å². The Labute approximate surface area is 97.0 Å². The van der Waals surface area contributed by atoms with E-state index >= 15 is 0 Å². The lowest BCUT2D eigenvalue weighted by atomic mass is 9.94. The summed E-state index contributed by atoms with van der Waals surface area (Å²) in [6.45, 7) is 1.98. The average molecular weight is 217 g/mol. The molecule has 1 aromatic carbocycles. The lowest BCUT2D eigenvalue weighted by molar-refractivity contribution is 0.440. The molecule has 86 valence electrons. The van der Waals surface area contributed by atoms with E-state index in [0.717, 1.165) is 19.0 Å². The van der Waals surface area contributed by atoms with Gasteiger partial charge in [-0.2, -0.15) is 0 Å². The van der Waals surface area contributed by atoms with Crippen molar-refractivity contribution in [3.8, 4) is 5.75 Å². The monoisotopic (exact) mass is 217 g/mol. The molecule has 0 heterocycles. The Morgan fingerprint density at radius 2 is 2.00 bits per heavy atom. The van der Waals surface area contributed by atoms with Gasteiger partial charge in [-0.3, -0.25) is 0 Å². The van der Waals surface area contributed by atoms with Crippen LogP contribution in [0.2, 0.25) is 0 Å². The maximum atomic E-state index is 9.16. The van der Waals surface area contributed by atoms with E-state index < -0.39 is 0 Å². The molecule has 0 spiro atoms. The molecule has 1 aliphatic carbocycles. The predicted molar refractivity (Wildman–Crippen MR) is 66.3 cm³/mol. The second kappa shape index (κ2) is 5.71. The molecular formula is C14H19NO. The van der Waals surface area contributed by atoms with Crippen molar-refractivity contribution in [3.63, 3.8) is 0 Å². The summed E-state index contributed by atoms with van der Waals surface area (Å²) in [5, 5.41) is 12.6. The maximum absolute atomic E-state index is 9.16. The van der Waals surface area contributed by atoms with Crippen LogP contribution in [0, 0.1) is 5.92 Å². The molecule has 0 aromatic heterocycles. The number of allylic oxidation sites excluding steroid dienone is 2. The van der Waals surface area contributed by atoms with Crippen molar-refractivity contribution in [2.45, 2.75) is 25.8 Å². The SMILES string of the molecule is Oc1ccc(CNCC2CC=CCC2)cc1. The molecule has 2 N–H and O–H groups in total. The Morgan fingerprint density at radius 1 is 1.19 bits per heavy atom. The first kappa shape index (κ1) is 11.2. The molecule has 1 aliphatic rings. The summed E-state index contributed by atoms with van der Waals surface area (Å²) < 4.78 is 0. The molecular weight excluding hydrogens is 198 g/mol. The van der Waals surface area contributed by atoms with Crippen LogP contribution in [0.25, 0.3) is 0 Å². The molecule has 0 amide bonds. The molecule has 1 atom stereocenters. The molecule has 1 unspecified atom stereocenters. The van der Waals surface area contributed by atoms with Crippen LogP contribution in [0.15, 0.2) is 36.4 Å². The minimum atomic E-state index is 0.334. The van der Waals surface area contributed by atoms with Gasteiger partial charge in [0.15, 0.2) is 0 Å². The van der Waals surface area contributed by atoms with Gasteiger partial charge < -0.3 is 10.4 Å². The Bertz CT molecular complexity index is 342. The Balaban J connectivity index is 1.71. The quantitative estimate of drug-likeness (QED) is 0.760. The highest BCUT2D eigenvalue weighted by atomic mass is 16.3. The van der Waals surface area contributed by atoms with Crippen molar-refractivity contribution < 1.29 is 5.11 Å². The molecule has 2 heteroatoms. The van der Waals surface area contributed by atoms with Crippen molar-refractivity contribution in [2.75, 3.05) is 6.54 Å². The first-order chi connectivity index (χ1) is 7.84. The van der Waals surface area contributed by atoms with Crippen LogP contribution in [-0.2, 0) is 6.54 Å². The van der Waals surface area contributed by atoms with Crippen molar-refractivity contribution in [2.24, 2.45) is 5.92 Å². The van der Waals surface area contributed by atoms with Gasteiger partial charge in [0.1, 0.15) is 5.75 Å². The summed E-state index contributed by atoms with van der Waals surface area (Å²) >= 11 is 0. The molecule has 0 aliphatic heterocycles. The zero-order chi connectivity index (χ0) is 11.2. The van der Waals surface area contributed by atoms with E-state index in [-0.39, 0.29) is 0 Å². The van der Waals surface area contributed by atoms with Gasteiger partial charge in [0.05, 0.1) is 0 Å². The maximum Gasteiger partial charge on any atom is 0.115 e. The van der Waals surface area contributed by atoms with Gasteiger partial charge in [-0.1, -0.05) is 24.3 Å². The molecule has 2 rings (SSSR count). The fraction of sp³-hybridized carbons (Fsp3) is 0.429. The third-order valence-corrected chi connectivity index (χ3v) is 3.08. The summed E-state index contributed by atoms with van der Waals surface area (Å²) in [6, 6.07) is 7.40. The van der Waals surface area contributed by atoms with E-state index in [0.29, 0.717) is 5.75 Å². The Kier molecular flexibility index (Phi) is 4.00. The van der Waals surface area contributed by atoms with E-state index in [1.54, 1.807) is 12.1 Å². The molecule has 0 saturated carbocycles. The fourth-order valence-corrected chi connectivity index (χ4v) is 2.08. The summed E-state index contributed by atoms with van der Waals surface area (Å²) in [4.78, 5) is 0. The third kappa shape index (κ3) is 3.38. The topological polar surface area (TPSA) is 32.3 Å². The van der Waals surface area contributed by atoms with Gasteiger partial charge in [0.25, 0.3) is 0 Å². The average Bonchev–Trinajstić information content (AvgIpc) is 2.33. The van der Waals surface area contributed by atoms with Gasteiger partial charge in [0, 0.05) is 6.54 Å². The smallest absolute Gasteiger partial charge is 0.115 e. The molecule has 2 nitrogen and oxygen atoms in total. The Hall–Kier alpha value is -1.28. The van der Waals surface area contributed by atoms with Gasteiger partial charge in [-0.15, -0.1) is 0 Å². The summed E-state index contributed by atoms with van der Waals surface area (Å²) in [7, 11) is 0. The summed E-state index contributed by atoms with van der Waals surface area (Å²) in [6.07, 6.45) is 8.31. The van der Waals surface area contributed by atoms with E-state index in [1.165, 1.54) is 24.8 Å². The van der Waals surface area contributed by atoms with E-state index in [2.05, 4.69) is 17.5 Å². The van der Waals surface area contributed by atoms with E-state index in [9.17, 15) is 0 Å². The predicted octanol–water partition coefficient (Wildman–Crippen LogP) is 2.84. The van der Waals surface area contributed by atoms with Crippen LogP contribution in [0.4, 0.5) is 0 Å². The first-order valence-corrected chi connectivity index (χ1v) is 5.98. The number of aromatic hydroxyl groups is 1. The summed E-state index contributed by atoms with van der Waals surface area (Å²) in [5.41, 5.74) is 1.23. The lowest BCUT2D eigenvalue weighted by Gasteiger charge is -2.18. The van der Waals surface area contributed by atoms with Gasteiger partial charge in [-0.05, 0) is 49.4 Å². The number of phenolic OH excluding ortho intramolecular Hbond substituents is 1. The number of nitrogens with one attached hydrogen (secondary N) is 1. The van der Waals surface area contributed by atoms with Crippen LogP contribution in [-0.4, -0.2) is 11.7 Å². The first-order valence-electron chi connectivity index (χ1n) is 5.98. The van der Waals surface area contributed by atoms with Crippen LogP contribution in [0.3, 0.4) is 0 Å². The van der Waals surface area contributed by atoms with Crippen LogP contribution in [0.5, 0.6) is 5.75 Å². The zero-order valence-electron chi connectivity index (χ0n) is 9.52. The minimum Gasteiger partial charge on any atom is -0.508 e. The van der Waals surface area contributed by atoms with Gasteiger partial charge in [0.2, 0.25) is 0 Å². The summed E-state index contributed by atoms with van der Waals surface area (Å²) in [5.74, 6) is 1.13. The van der Waals surface area contributed by atoms with Crippen molar-refractivity contribution in [3.05, 3.63) is 42.0 Å². The highest BCUT2D eigenvalue weighted by Crippen LogP contribution is 2.17. The van der Waals surface area contributed by atoms with Crippen molar-refractivity contribution >= 4 is 0 Å². The third-order valence-electron chi connectivity index (χ3n) is 3.08. The normalized spacial score (nSPS) is 19.9.